The van der Waals surface area contributed by atoms with Crippen LogP contribution < -0.4 is 5.32 Å². The van der Waals surface area contributed by atoms with E-state index in [2.05, 4.69) is 5.32 Å². The van der Waals surface area contributed by atoms with E-state index >= 15 is 0 Å². The molecule has 1 aliphatic rings. The second kappa shape index (κ2) is 6.68. The summed E-state index contributed by atoms with van der Waals surface area (Å²) in [5, 5.41) is 12.1. The van der Waals surface area contributed by atoms with Gasteiger partial charge in [0.25, 0.3) is 0 Å². The van der Waals surface area contributed by atoms with E-state index < -0.39 is 0 Å². The number of carbonyl (C=O) groups excluding carboxylic acids is 1. The highest BCUT2D eigenvalue weighted by Gasteiger charge is 2.29. The molecule has 2 N–H and O–H groups in total. The third kappa shape index (κ3) is 3.78. The molecule has 0 aliphatic carbocycles. The molecular weight excluding hydrogens is 242 g/mol. The number of rotatable bonds is 5. The lowest BCUT2D eigenvalue weighted by Gasteiger charge is -2.20. The molecule has 0 radical (unpaired) electrons. The Bertz CT molecular complexity index is 407. The van der Waals surface area contributed by atoms with Crippen molar-refractivity contribution in [1.82, 2.24) is 5.32 Å². The Balaban J connectivity index is 1.99. The molecule has 4 nitrogen and oxygen atoms in total. The van der Waals surface area contributed by atoms with Crippen molar-refractivity contribution in [2.45, 2.75) is 44.4 Å². The van der Waals surface area contributed by atoms with E-state index in [0.717, 1.165) is 18.4 Å². The molecule has 0 spiro atoms. The summed E-state index contributed by atoms with van der Waals surface area (Å²) >= 11 is 0. The van der Waals surface area contributed by atoms with Gasteiger partial charge >= 0.3 is 0 Å². The summed E-state index contributed by atoms with van der Waals surface area (Å²) < 4.78 is 5.56. The fourth-order valence-corrected chi connectivity index (χ4v) is 2.40. The van der Waals surface area contributed by atoms with E-state index in [-0.39, 0.29) is 30.8 Å². The lowest BCUT2D eigenvalue weighted by molar-refractivity contribution is -0.132. The molecule has 19 heavy (non-hydrogen) atoms. The van der Waals surface area contributed by atoms with Crippen molar-refractivity contribution in [3.8, 4) is 0 Å². The molecule has 1 fully saturated rings. The van der Waals surface area contributed by atoms with Gasteiger partial charge in [-0.15, -0.1) is 0 Å². The van der Waals surface area contributed by atoms with Gasteiger partial charge in [0.15, 0.2) is 0 Å². The molecule has 1 saturated heterocycles. The molecule has 0 unspecified atom stereocenters. The maximum Gasteiger partial charge on any atom is 0.249 e. The van der Waals surface area contributed by atoms with Gasteiger partial charge in [0.1, 0.15) is 6.10 Å². The molecule has 4 heteroatoms. The van der Waals surface area contributed by atoms with Crippen LogP contribution in [0, 0.1) is 0 Å². The van der Waals surface area contributed by atoms with Gasteiger partial charge in [0, 0.05) is 6.61 Å². The lowest BCUT2D eigenvalue weighted by Crippen LogP contribution is -2.37. The number of ether oxygens (including phenoxy) is 1. The van der Waals surface area contributed by atoms with E-state index in [1.165, 1.54) is 0 Å². The zero-order valence-electron chi connectivity index (χ0n) is 11.2. The van der Waals surface area contributed by atoms with Crippen molar-refractivity contribution >= 4 is 5.91 Å². The fourth-order valence-electron chi connectivity index (χ4n) is 2.40. The zero-order valence-corrected chi connectivity index (χ0v) is 11.2. The van der Waals surface area contributed by atoms with Gasteiger partial charge in [-0.2, -0.15) is 0 Å². The molecule has 104 valence electrons. The summed E-state index contributed by atoms with van der Waals surface area (Å²) in [6, 6.07) is 9.55. The molecule has 1 heterocycles. The van der Waals surface area contributed by atoms with Crippen LogP contribution in [-0.4, -0.2) is 29.8 Å². The maximum absolute atomic E-state index is 12.1. The van der Waals surface area contributed by atoms with Crippen molar-refractivity contribution in [1.29, 1.82) is 0 Å². The largest absolute Gasteiger partial charge is 0.396 e. The standard InChI is InChI=1S/C15H21NO3/c1-11-7-8-14(19-11)15(18)16-13(9-10-17)12-5-3-2-4-6-12/h2-6,11,13-14,17H,7-10H2,1H3,(H,16,18)/t11-,13+,14-/m1/s1. The predicted octanol–water partition coefficient (Wildman–Crippen LogP) is 1.79. The van der Waals surface area contributed by atoms with Crippen molar-refractivity contribution in [3.05, 3.63) is 35.9 Å². The zero-order chi connectivity index (χ0) is 13.7. The van der Waals surface area contributed by atoms with E-state index in [1.54, 1.807) is 0 Å². The average Bonchev–Trinajstić information content (AvgIpc) is 2.86. The topological polar surface area (TPSA) is 58.6 Å². The van der Waals surface area contributed by atoms with Gasteiger partial charge in [-0.1, -0.05) is 30.3 Å². The van der Waals surface area contributed by atoms with E-state index in [1.807, 2.05) is 37.3 Å². The molecule has 0 bridgehead atoms. The van der Waals surface area contributed by atoms with Crippen LogP contribution in [0.1, 0.15) is 37.8 Å². The Morgan fingerprint density at radius 1 is 1.42 bits per heavy atom. The number of benzene rings is 1. The molecule has 3 atom stereocenters. The summed E-state index contributed by atoms with van der Waals surface area (Å²) in [5.41, 5.74) is 1.01. The monoisotopic (exact) mass is 263 g/mol. The first-order valence-electron chi connectivity index (χ1n) is 6.82. The Hall–Kier alpha value is -1.39. The summed E-state index contributed by atoms with van der Waals surface area (Å²) in [4.78, 5) is 12.1. The van der Waals surface area contributed by atoms with Crippen LogP contribution >= 0.6 is 0 Å². The lowest BCUT2D eigenvalue weighted by atomic mass is 10.0. The van der Waals surface area contributed by atoms with Crippen LogP contribution in [-0.2, 0) is 9.53 Å². The molecule has 0 aromatic heterocycles. The van der Waals surface area contributed by atoms with Crippen molar-refractivity contribution in [2.24, 2.45) is 0 Å². The Morgan fingerprint density at radius 3 is 2.74 bits per heavy atom. The van der Waals surface area contributed by atoms with E-state index in [4.69, 9.17) is 9.84 Å². The molecular formula is C15H21NO3. The highest BCUT2D eigenvalue weighted by molar-refractivity contribution is 5.81. The third-order valence-electron chi connectivity index (χ3n) is 3.46. The number of hydrogen-bond donors (Lipinski definition) is 2. The van der Waals surface area contributed by atoms with Crippen molar-refractivity contribution < 1.29 is 14.6 Å². The number of amides is 1. The first-order valence-corrected chi connectivity index (χ1v) is 6.82. The molecule has 1 aliphatic heterocycles. The number of carbonyl (C=O) groups is 1. The highest BCUT2D eigenvalue weighted by Crippen LogP contribution is 2.21. The molecule has 2 rings (SSSR count). The van der Waals surface area contributed by atoms with Crippen LogP contribution in [0.15, 0.2) is 30.3 Å². The minimum atomic E-state index is -0.347. The number of hydrogen-bond acceptors (Lipinski definition) is 3. The first-order chi connectivity index (χ1) is 9.20. The van der Waals surface area contributed by atoms with Crippen molar-refractivity contribution in [2.75, 3.05) is 6.61 Å². The smallest absolute Gasteiger partial charge is 0.249 e. The van der Waals surface area contributed by atoms with Gasteiger partial charge in [-0.3, -0.25) is 4.79 Å². The minimum absolute atomic E-state index is 0.0434. The van der Waals surface area contributed by atoms with Gasteiger partial charge in [-0.25, -0.2) is 0 Å². The predicted molar refractivity (Wildman–Crippen MR) is 72.6 cm³/mol. The summed E-state index contributed by atoms with van der Waals surface area (Å²) in [6.45, 7) is 2.03. The number of nitrogens with one attached hydrogen (secondary N) is 1. The van der Waals surface area contributed by atoms with Crippen LogP contribution in [0.3, 0.4) is 0 Å². The van der Waals surface area contributed by atoms with Crippen LogP contribution in [0.2, 0.25) is 0 Å². The number of aliphatic hydroxyl groups is 1. The summed E-state index contributed by atoms with van der Waals surface area (Å²) in [7, 11) is 0. The normalized spacial score (nSPS) is 24.1. The van der Waals surface area contributed by atoms with E-state index in [0.29, 0.717) is 6.42 Å². The van der Waals surface area contributed by atoms with Gasteiger partial charge in [0.2, 0.25) is 5.91 Å². The molecule has 1 amide bonds. The minimum Gasteiger partial charge on any atom is -0.396 e. The third-order valence-corrected chi connectivity index (χ3v) is 3.46. The molecule has 0 saturated carbocycles. The second-order valence-corrected chi connectivity index (χ2v) is 5.00. The van der Waals surface area contributed by atoms with Crippen LogP contribution in [0.4, 0.5) is 0 Å². The van der Waals surface area contributed by atoms with E-state index in [9.17, 15) is 4.79 Å². The molecule has 1 aromatic carbocycles. The second-order valence-electron chi connectivity index (χ2n) is 5.00. The molecule has 1 aromatic rings. The van der Waals surface area contributed by atoms with Crippen LogP contribution in [0.5, 0.6) is 0 Å². The first kappa shape index (κ1) is 14.0. The highest BCUT2D eigenvalue weighted by atomic mass is 16.5. The van der Waals surface area contributed by atoms with Gasteiger partial charge in [0.05, 0.1) is 12.1 Å². The summed E-state index contributed by atoms with van der Waals surface area (Å²) in [5.74, 6) is -0.0772. The SMILES string of the molecule is C[C@@H]1CC[C@H](C(=O)N[C@@H](CCO)c2ccccc2)O1. The quantitative estimate of drug-likeness (QED) is 0.851. The summed E-state index contributed by atoms with van der Waals surface area (Å²) in [6.07, 6.45) is 2.02. The number of aliphatic hydroxyl groups excluding tert-OH is 1. The van der Waals surface area contributed by atoms with Crippen molar-refractivity contribution in [3.63, 3.8) is 0 Å². The van der Waals surface area contributed by atoms with Gasteiger partial charge < -0.3 is 15.2 Å². The average molecular weight is 263 g/mol. The van der Waals surface area contributed by atoms with Crippen LogP contribution in [0.25, 0.3) is 0 Å². The Morgan fingerprint density at radius 2 is 2.16 bits per heavy atom. The Labute approximate surface area is 113 Å². The maximum atomic E-state index is 12.1. The fraction of sp³-hybridized carbons (Fsp3) is 0.533. The van der Waals surface area contributed by atoms with Gasteiger partial charge in [-0.05, 0) is 31.7 Å². The Kier molecular flexibility index (Phi) is 4.93.